The van der Waals surface area contributed by atoms with Gasteiger partial charge in [0.15, 0.2) is 5.13 Å². The summed E-state index contributed by atoms with van der Waals surface area (Å²) >= 11 is 1.49. The third-order valence-corrected chi connectivity index (χ3v) is 3.96. The standard InChI is InChI=1S/C17H15N3O2S/c1-11-9-14(21)5-6-15(11)20-16(22)12-3-2-4-13(10-12)19-17-18-7-8-23-17/h2-10,21H,1H3,(H,18,19)(H,20,22). The molecule has 0 fully saturated rings. The summed E-state index contributed by atoms with van der Waals surface area (Å²) in [6, 6.07) is 12.0. The maximum absolute atomic E-state index is 12.4. The third kappa shape index (κ3) is 3.67. The van der Waals surface area contributed by atoms with E-state index in [1.165, 1.54) is 11.3 Å². The summed E-state index contributed by atoms with van der Waals surface area (Å²) in [5, 5.41) is 18.1. The first-order valence-corrected chi connectivity index (χ1v) is 7.87. The number of carbonyl (C=O) groups excluding carboxylic acids is 1. The van der Waals surface area contributed by atoms with Crippen LogP contribution in [0.2, 0.25) is 0 Å². The SMILES string of the molecule is Cc1cc(O)ccc1NC(=O)c1cccc(Nc2nccs2)c1. The summed E-state index contributed by atoms with van der Waals surface area (Å²) in [5.41, 5.74) is 2.82. The lowest BCUT2D eigenvalue weighted by molar-refractivity contribution is 0.102. The molecule has 0 aliphatic heterocycles. The van der Waals surface area contributed by atoms with Gasteiger partial charge in [0.1, 0.15) is 5.75 Å². The number of phenolic OH excluding ortho intramolecular Hbond substituents is 1. The molecular weight excluding hydrogens is 310 g/mol. The van der Waals surface area contributed by atoms with Crippen LogP contribution in [-0.4, -0.2) is 16.0 Å². The van der Waals surface area contributed by atoms with Crippen molar-refractivity contribution in [3.8, 4) is 5.75 Å². The van der Waals surface area contributed by atoms with Gasteiger partial charge in [-0.15, -0.1) is 11.3 Å². The predicted octanol–water partition coefficient (Wildman–Crippen LogP) is 4.15. The Morgan fingerprint density at radius 3 is 2.83 bits per heavy atom. The molecule has 0 saturated carbocycles. The van der Waals surface area contributed by atoms with E-state index >= 15 is 0 Å². The number of nitrogens with one attached hydrogen (secondary N) is 2. The van der Waals surface area contributed by atoms with E-state index in [9.17, 15) is 9.90 Å². The maximum atomic E-state index is 12.4. The Morgan fingerprint density at radius 1 is 1.22 bits per heavy atom. The summed E-state index contributed by atoms with van der Waals surface area (Å²) < 4.78 is 0. The number of aromatic nitrogens is 1. The zero-order chi connectivity index (χ0) is 16.2. The van der Waals surface area contributed by atoms with E-state index in [2.05, 4.69) is 15.6 Å². The zero-order valence-electron chi connectivity index (χ0n) is 12.4. The molecule has 3 aromatic rings. The van der Waals surface area contributed by atoms with Gasteiger partial charge < -0.3 is 15.7 Å². The summed E-state index contributed by atoms with van der Waals surface area (Å²) in [5.74, 6) is -0.0308. The highest BCUT2D eigenvalue weighted by Crippen LogP contribution is 2.22. The number of anilines is 3. The van der Waals surface area contributed by atoms with E-state index in [1.54, 1.807) is 36.5 Å². The molecule has 0 bridgehead atoms. The van der Waals surface area contributed by atoms with Crippen molar-refractivity contribution >= 4 is 33.8 Å². The van der Waals surface area contributed by atoms with E-state index in [0.717, 1.165) is 16.4 Å². The number of phenols is 1. The molecule has 1 aromatic heterocycles. The van der Waals surface area contributed by atoms with Gasteiger partial charge in [-0.1, -0.05) is 6.07 Å². The van der Waals surface area contributed by atoms with Gasteiger partial charge in [0.05, 0.1) is 0 Å². The largest absolute Gasteiger partial charge is 0.508 e. The van der Waals surface area contributed by atoms with Crippen molar-refractivity contribution in [1.29, 1.82) is 0 Å². The van der Waals surface area contributed by atoms with Crippen LogP contribution in [-0.2, 0) is 0 Å². The Hall–Kier alpha value is -2.86. The van der Waals surface area contributed by atoms with E-state index in [4.69, 9.17) is 0 Å². The first kappa shape index (κ1) is 15.1. The van der Waals surface area contributed by atoms with E-state index in [-0.39, 0.29) is 11.7 Å². The summed E-state index contributed by atoms with van der Waals surface area (Å²) in [4.78, 5) is 16.5. The average molecular weight is 325 g/mol. The number of nitrogens with zero attached hydrogens (tertiary/aromatic N) is 1. The number of amides is 1. The Labute approximate surface area is 137 Å². The molecule has 116 valence electrons. The van der Waals surface area contributed by atoms with E-state index in [1.807, 2.05) is 24.4 Å². The second-order valence-corrected chi connectivity index (χ2v) is 5.89. The van der Waals surface area contributed by atoms with Gasteiger partial charge in [0, 0.05) is 28.5 Å². The molecule has 0 radical (unpaired) electrons. The topological polar surface area (TPSA) is 74.2 Å². The van der Waals surface area contributed by atoms with Crippen molar-refractivity contribution in [2.75, 3.05) is 10.6 Å². The van der Waals surface area contributed by atoms with Crippen LogP contribution in [0, 0.1) is 6.92 Å². The number of aromatic hydroxyl groups is 1. The molecule has 1 heterocycles. The Bertz CT molecular complexity index is 832. The van der Waals surface area contributed by atoms with Crippen LogP contribution < -0.4 is 10.6 Å². The maximum Gasteiger partial charge on any atom is 0.255 e. The highest BCUT2D eigenvalue weighted by Gasteiger charge is 2.09. The van der Waals surface area contributed by atoms with Crippen LogP contribution in [0.25, 0.3) is 0 Å². The van der Waals surface area contributed by atoms with Gasteiger partial charge in [-0.3, -0.25) is 4.79 Å². The molecule has 3 rings (SSSR count). The molecule has 0 aliphatic rings. The molecule has 6 heteroatoms. The lowest BCUT2D eigenvalue weighted by atomic mass is 10.1. The molecule has 0 aliphatic carbocycles. The van der Waals surface area contributed by atoms with Gasteiger partial charge in [-0.05, 0) is 48.9 Å². The zero-order valence-corrected chi connectivity index (χ0v) is 13.2. The molecule has 0 unspecified atom stereocenters. The lowest BCUT2D eigenvalue weighted by Gasteiger charge is -2.10. The number of benzene rings is 2. The van der Waals surface area contributed by atoms with Crippen molar-refractivity contribution < 1.29 is 9.90 Å². The Kier molecular flexibility index (Phi) is 4.25. The van der Waals surface area contributed by atoms with Crippen molar-refractivity contribution in [1.82, 2.24) is 4.98 Å². The summed E-state index contributed by atoms with van der Waals surface area (Å²) in [6.07, 6.45) is 1.72. The van der Waals surface area contributed by atoms with Gasteiger partial charge >= 0.3 is 0 Å². The van der Waals surface area contributed by atoms with E-state index < -0.39 is 0 Å². The van der Waals surface area contributed by atoms with Crippen molar-refractivity contribution in [2.24, 2.45) is 0 Å². The summed E-state index contributed by atoms with van der Waals surface area (Å²) in [6.45, 7) is 1.83. The number of rotatable bonds is 4. The van der Waals surface area contributed by atoms with Crippen molar-refractivity contribution in [3.63, 3.8) is 0 Å². The lowest BCUT2D eigenvalue weighted by Crippen LogP contribution is -2.12. The molecule has 0 spiro atoms. The molecule has 0 saturated heterocycles. The number of thiazole rings is 1. The minimum absolute atomic E-state index is 0.176. The second kappa shape index (κ2) is 6.50. The third-order valence-electron chi connectivity index (χ3n) is 3.27. The van der Waals surface area contributed by atoms with Gasteiger partial charge in [0.2, 0.25) is 0 Å². The molecule has 23 heavy (non-hydrogen) atoms. The smallest absolute Gasteiger partial charge is 0.255 e. The van der Waals surface area contributed by atoms with Gasteiger partial charge in [0.25, 0.3) is 5.91 Å². The van der Waals surface area contributed by atoms with Gasteiger partial charge in [-0.25, -0.2) is 4.98 Å². The van der Waals surface area contributed by atoms with Crippen molar-refractivity contribution in [3.05, 3.63) is 65.2 Å². The molecular formula is C17H15N3O2S. The fourth-order valence-corrected chi connectivity index (χ4v) is 2.68. The number of carbonyl (C=O) groups is 1. The Morgan fingerprint density at radius 2 is 2.09 bits per heavy atom. The quantitative estimate of drug-likeness (QED) is 0.630. The fraction of sp³-hybridized carbons (Fsp3) is 0.0588. The second-order valence-electron chi connectivity index (χ2n) is 5.00. The number of hydrogen-bond donors (Lipinski definition) is 3. The van der Waals surface area contributed by atoms with Crippen LogP contribution in [0.4, 0.5) is 16.5 Å². The monoisotopic (exact) mass is 325 g/mol. The van der Waals surface area contributed by atoms with Crippen LogP contribution in [0.1, 0.15) is 15.9 Å². The highest BCUT2D eigenvalue weighted by atomic mass is 32.1. The molecule has 3 N–H and O–H groups in total. The van der Waals surface area contributed by atoms with Gasteiger partial charge in [-0.2, -0.15) is 0 Å². The van der Waals surface area contributed by atoms with Crippen LogP contribution >= 0.6 is 11.3 Å². The normalized spacial score (nSPS) is 10.3. The highest BCUT2D eigenvalue weighted by molar-refractivity contribution is 7.13. The first-order chi connectivity index (χ1) is 11.1. The minimum atomic E-state index is -0.207. The van der Waals surface area contributed by atoms with Crippen LogP contribution in [0.15, 0.2) is 54.0 Å². The molecule has 2 aromatic carbocycles. The minimum Gasteiger partial charge on any atom is -0.508 e. The van der Waals surface area contributed by atoms with E-state index in [0.29, 0.717) is 11.3 Å². The molecule has 5 nitrogen and oxygen atoms in total. The van der Waals surface area contributed by atoms with Crippen LogP contribution in [0.3, 0.4) is 0 Å². The average Bonchev–Trinajstić information content (AvgIpc) is 3.03. The number of hydrogen-bond acceptors (Lipinski definition) is 5. The van der Waals surface area contributed by atoms with Crippen molar-refractivity contribution in [2.45, 2.75) is 6.92 Å². The first-order valence-electron chi connectivity index (χ1n) is 6.99. The molecule has 0 atom stereocenters. The number of aryl methyl sites for hydroxylation is 1. The fourth-order valence-electron chi connectivity index (χ4n) is 2.13. The molecule has 1 amide bonds. The van der Waals surface area contributed by atoms with Crippen LogP contribution in [0.5, 0.6) is 5.75 Å². The predicted molar refractivity (Wildman–Crippen MR) is 92.6 cm³/mol. The Balaban J connectivity index is 1.77. The summed E-state index contributed by atoms with van der Waals surface area (Å²) in [7, 11) is 0.